The number of amides is 1. The number of hydrogen-bond donors (Lipinski definition) is 1. The molecular weight excluding hydrogens is 514 g/mol. The molecule has 2 aliphatic heterocycles. The predicted molar refractivity (Wildman–Crippen MR) is 141 cm³/mol. The number of thiol groups is 1. The second-order valence-corrected chi connectivity index (χ2v) is 9.33. The summed E-state index contributed by atoms with van der Waals surface area (Å²) < 4.78 is 29.8. The van der Waals surface area contributed by atoms with Gasteiger partial charge in [-0.3, -0.25) is 9.36 Å². The number of benzene rings is 2. The summed E-state index contributed by atoms with van der Waals surface area (Å²) in [5, 5.41) is 0.989. The number of thioether (sulfide) groups is 1. The Labute approximate surface area is 216 Å². The number of rotatable bonds is 3. The zero-order chi connectivity index (χ0) is 25.3. The van der Waals surface area contributed by atoms with E-state index in [0.717, 1.165) is 6.07 Å². The fourth-order valence-electron chi connectivity index (χ4n) is 4.40. The number of nitrogens with zero attached hydrogens (tertiary/aromatic N) is 4. The average Bonchev–Trinajstić information content (AvgIpc) is 2.87. The average molecular weight is 537 g/mol. The van der Waals surface area contributed by atoms with Crippen LogP contribution in [0.15, 0.2) is 46.6 Å². The predicted octanol–water partition coefficient (Wildman–Crippen LogP) is 4.48. The largest absolute Gasteiger partial charge is 0.352 e. The van der Waals surface area contributed by atoms with Gasteiger partial charge in [-0.05, 0) is 30.5 Å². The number of hydrogen-bond acceptors (Lipinski definition) is 6. The summed E-state index contributed by atoms with van der Waals surface area (Å²) in [6, 6.07) is 5.08. The van der Waals surface area contributed by atoms with E-state index < -0.39 is 17.3 Å². The third-order valence-corrected chi connectivity index (χ3v) is 7.35. The van der Waals surface area contributed by atoms with Crippen LogP contribution in [-0.2, 0) is 11.3 Å². The van der Waals surface area contributed by atoms with Gasteiger partial charge >= 0.3 is 5.69 Å². The van der Waals surface area contributed by atoms with Crippen LogP contribution in [0.2, 0.25) is 5.02 Å². The second kappa shape index (κ2) is 10.6. The molecular formula is C24H23ClF2N4O2S2. The van der Waals surface area contributed by atoms with Gasteiger partial charge in [-0.1, -0.05) is 18.2 Å². The summed E-state index contributed by atoms with van der Waals surface area (Å²) in [5.41, 5.74) is 0.880. The van der Waals surface area contributed by atoms with E-state index in [1.54, 1.807) is 21.8 Å². The lowest BCUT2D eigenvalue weighted by molar-refractivity contribution is -0.126. The van der Waals surface area contributed by atoms with Crippen LogP contribution >= 0.6 is 36.0 Å². The third kappa shape index (κ3) is 4.66. The monoisotopic (exact) mass is 536 g/mol. The molecule has 0 N–H and O–H groups in total. The highest BCUT2D eigenvalue weighted by Gasteiger charge is 2.28. The van der Waals surface area contributed by atoms with Crippen LogP contribution in [0.25, 0.3) is 22.0 Å². The Morgan fingerprint density at radius 1 is 1.17 bits per heavy atom. The van der Waals surface area contributed by atoms with Crippen molar-refractivity contribution in [2.45, 2.75) is 11.4 Å². The summed E-state index contributed by atoms with van der Waals surface area (Å²) in [6.45, 7) is 5.95. The molecule has 0 bridgehead atoms. The van der Waals surface area contributed by atoms with Crippen LogP contribution < -0.4 is 10.6 Å². The van der Waals surface area contributed by atoms with Gasteiger partial charge in [0.05, 0.1) is 10.5 Å². The molecule has 6 nitrogen and oxygen atoms in total. The van der Waals surface area contributed by atoms with E-state index in [-0.39, 0.29) is 11.5 Å². The first-order chi connectivity index (χ1) is 16.9. The Morgan fingerprint density at radius 3 is 2.54 bits per heavy atom. The van der Waals surface area contributed by atoms with Crippen molar-refractivity contribution in [1.29, 1.82) is 0 Å². The maximum absolute atomic E-state index is 14.7. The Morgan fingerprint density at radius 2 is 1.89 bits per heavy atom. The lowest BCUT2D eigenvalue weighted by atomic mass is 10.0. The van der Waals surface area contributed by atoms with Gasteiger partial charge < -0.3 is 9.80 Å². The Bertz CT molecular complexity index is 1370. The van der Waals surface area contributed by atoms with Gasteiger partial charge in [0.2, 0.25) is 5.91 Å². The summed E-state index contributed by atoms with van der Waals surface area (Å²) in [7, 11) is 0. The van der Waals surface area contributed by atoms with Gasteiger partial charge in [-0.2, -0.15) is 17.6 Å². The van der Waals surface area contributed by atoms with Crippen molar-refractivity contribution in [2.75, 3.05) is 43.1 Å². The summed E-state index contributed by atoms with van der Waals surface area (Å²) in [5.74, 6) is -0.433. The maximum Gasteiger partial charge on any atom is 0.350 e. The van der Waals surface area contributed by atoms with Crippen LogP contribution in [0.5, 0.6) is 0 Å². The first kappa shape index (κ1) is 25.5. The molecule has 2 aliphatic rings. The minimum atomic E-state index is -0.718. The fraction of sp³-hybridized carbons (Fsp3) is 0.292. The Kier molecular flexibility index (Phi) is 7.73. The molecule has 2 aromatic carbocycles. The van der Waals surface area contributed by atoms with E-state index in [4.69, 9.17) is 11.6 Å². The molecule has 0 saturated carbocycles. The molecule has 1 saturated heterocycles. The number of aryl methyl sites for hydroxylation is 1. The van der Waals surface area contributed by atoms with E-state index in [1.165, 1.54) is 30.0 Å². The van der Waals surface area contributed by atoms with E-state index in [1.807, 2.05) is 4.90 Å². The minimum Gasteiger partial charge on any atom is -0.352 e. The Balaban J connectivity index is 0.00000141. The van der Waals surface area contributed by atoms with Crippen molar-refractivity contribution in [3.63, 3.8) is 0 Å². The lowest BCUT2D eigenvalue weighted by Crippen LogP contribution is -2.49. The number of piperazine rings is 1. The standard InChI is InChI=1S/C23H19ClF2N4O2S.CH4S/c1-2-18(31)28-5-7-29(8-6-28)22-15-12-16(24)19(14-4-3-13(25)11-17(14)26)21-20(15)30(9-10-33-21)23(32)27-22;1-2/h2-4,11-12H,1,5-10H2;2H,1H3. The van der Waals surface area contributed by atoms with Gasteiger partial charge in [0.15, 0.2) is 0 Å². The number of halogens is 3. The molecule has 184 valence electrons. The summed E-state index contributed by atoms with van der Waals surface area (Å²) in [6.07, 6.45) is 2.98. The van der Waals surface area contributed by atoms with Gasteiger partial charge in [-0.15, -0.1) is 11.8 Å². The van der Waals surface area contributed by atoms with Crippen molar-refractivity contribution in [2.24, 2.45) is 0 Å². The SMILES string of the molecule is C=CC(=O)N1CCN(c2nc(=O)n3c4c(c(-c5ccc(F)cc5F)c(Cl)cc24)SCC3)CC1.CS. The van der Waals surface area contributed by atoms with Gasteiger partial charge in [-0.25, -0.2) is 13.6 Å². The molecule has 0 spiro atoms. The molecule has 0 unspecified atom stereocenters. The topological polar surface area (TPSA) is 58.4 Å². The van der Waals surface area contributed by atoms with Crippen LogP contribution in [0.3, 0.4) is 0 Å². The lowest BCUT2D eigenvalue weighted by Gasteiger charge is -2.36. The molecule has 5 rings (SSSR count). The summed E-state index contributed by atoms with van der Waals surface area (Å²) in [4.78, 5) is 33.6. The highest BCUT2D eigenvalue weighted by atomic mass is 35.5. The van der Waals surface area contributed by atoms with Gasteiger partial charge in [0.25, 0.3) is 0 Å². The third-order valence-electron chi connectivity index (χ3n) is 5.98. The second-order valence-electron chi connectivity index (χ2n) is 7.82. The first-order valence-corrected chi connectivity index (χ1v) is 13.1. The fourth-order valence-corrected chi connectivity index (χ4v) is 5.96. The number of anilines is 1. The molecule has 3 aromatic rings. The van der Waals surface area contributed by atoms with Crippen LogP contribution in [0.1, 0.15) is 0 Å². The van der Waals surface area contributed by atoms with Crippen LogP contribution in [-0.4, -0.2) is 58.5 Å². The molecule has 0 radical (unpaired) electrons. The molecule has 0 atom stereocenters. The molecule has 1 fully saturated rings. The van der Waals surface area contributed by atoms with E-state index in [0.29, 0.717) is 70.7 Å². The normalized spacial score (nSPS) is 15.0. The molecule has 3 heterocycles. The molecule has 1 aromatic heterocycles. The quantitative estimate of drug-likeness (QED) is 0.395. The first-order valence-electron chi connectivity index (χ1n) is 10.9. The number of aromatic nitrogens is 2. The molecule has 0 aliphatic carbocycles. The maximum atomic E-state index is 14.7. The molecule has 1 amide bonds. The highest BCUT2D eigenvalue weighted by Crippen LogP contribution is 2.46. The Hall–Kier alpha value is -2.56. The van der Waals surface area contributed by atoms with Gasteiger partial charge in [0, 0.05) is 66.0 Å². The minimum absolute atomic E-state index is 0.134. The van der Waals surface area contributed by atoms with Crippen LogP contribution in [0.4, 0.5) is 14.6 Å². The van der Waals surface area contributed by atoms with Crippen LogP contribution in [0, 0.1) is 11.6 Å². The van der Waals surface area contributed by atoms with Crippen molar-refractivity contribution in [3.8, 4) is 11.1 Å². The van der Waals surface area contributed by atoms with Crippen molar-refractivity contribution >= 4 is 58.6 Å². The van der Waals surface area contributed by atoms with Crippen molar-refractivity contribution in [1.82, 2.24) is 14.5 Å². The summed E-state index contributed by atoms with van der Waals surface area (Å²) >= 11 is 11.7. The van der Waals surface area contributed by atoms with E-state index in [2.05, 4.69) is 24.2 Å². The molecule has 35 heavy (non-hydrogen) atoms. The van der Waals surface area contributed by atoms with Gasteiger partial charge in [0.1, 0.15) is 17.5 Å². The zero-order valence-corrected chi connectivity index (χ0v) is 21.4. The molecule has 11 heteroatoms. The van der Waals surface area contributed by atoms with E-state index in [9.17, 15) is 18.4 Å². The number of carbonyl (C=O) groups is 1. The van der Waals surface area contributed by atoms with Crippen molar-refractivity contribution < 1.29 is 13.6 Å². The van der Waals surface area contributed by atoms with E-state index >= 15 is 0 Å². The highest BCUT2D eigenvalue weighted by molar-refractivity contribution is 7.99. The zero-order valence-electron chi connectivity index (χ0n) is 18.9. The van der Waals surface area contributed by atoms with Crippen molar-refractivity contribution in [3.05, 3.63) is 64.1 Å². The smallest absolute Gasteiger partial charge is 0.350 e. The number of carbonyl (C=O) groups excluding carboxylic acids is 1.